The smallest absolute Gasteiger partial charge is 0.359 e. The van der Waals surface area contributed by atoms with Crippen molar-refractivity contribution in [3.8, 4) is 11.5 Å². The van der Waals surface area contributed by atoms with Crippen LogP contribution in [0.25, 0.3) is 12.2 Å². The van der Waals surface area contributed by atoms with E-state index in [-0.39, 0.29) is 18.2 Å². The molecule has 7 heteroatoms. The zero-order valence-electron chi connectivity index (χ0n) is 20.2. The maximum atomic E-state index is 12.5. The zero-order chi connectivity index (χ0) is 25.8. The molecular formula is C29H30N2O5. The van der Waals surface area contributed by atoms with Crippen molar-refractivity contribution in [1.29, 1.82) is 0 Å². The van der Waals surface area contributed by atoms with Gasteiger partial charge in [-0.3, -0.25) is 0 Å². The SMILES string of the molecule is CCCCc1cc(OCOC(=O)C(N)=Cc2ccccc2)ccc1OC(=O)C(N)=Cc1ccccc1. The van der Waals surface area contributed by atoms with Gasteiger partial charge in [0.15, 0.2) is 0 Å². The maximum absolute atomic E-state index is 12.5. The predicted molar refractivity (Wildman–Crippen MR) is 139 cm³/mol. The largest absolute Gasteiger partial charge is 0.457 e. The monoisotopic (exact) mass is 486 g/mol. The van der Waals surface area contributed by atoms with Crippen LogP contribution in [0.2, 0.25) is 0 Å². The van der Waals surface area contributed by atoms with Crippen LogP contribution in [0.3, 0.4) is 0 Å². The van der Waals surface area contributed by atoms with Crippen molar-refractivity contribution in [1.82, 2.24) is 0 Å². The molecule has 0 atom stereocenters. The van der Waals surface area contributed by atoms with Crippen LogP contribution in [0.15, 0.2) is 90.3 Å². The van der Waals surface area contributed by atoms with Crippen molar-refractivity contribution in [2.45, 2.75) is 26.2 Å². The van der Waals surface area contributed by atoms with E-state index in [4.69, 9.17) is 25.7 Å². The fraction of sp³-hybridized carbons (Fsp3) is 0.172. The molecule has 0 bridgehead atoms. The number of rotatable bonds is 11. The lowest BCUT2D eigenvalue weighted by molar-refractivity contribution is -0.145. The summed E-state index contributed by atoms with van der Waals surface area (Å²) in [6, 6.07) is 23.5. The molecular weight excluding hydrogens is 456 g/mol. The lowest BCUT2D eigenvalue weighted by Gasteiger charge is -2.13. The lowest BCUT2D eigenvalue weighted by Crippen LogP contribution is -2.18. The summed E-state index contributed by atoms with van der Waals surface area (Å²) in [7, 11) is 0. The van der Waals surface area contributed by atoms with E-state index < -0.39 is 11.9 Å². The molecule has 3 rings (SSSR count). The minimum absolute atomic E-state index is 0.00368. The van der Waals surface area contributed by atoms with Crippen LogP contribution in [-0.2, 0) is 20.7 Å². The van der Waals surface area contributed by atoms with E-state index in [2.05, 4.69) is 6.92 Å². The van der Waals surface area contributed by atoms with Gasteiger partial charge in [-0.1, -0.05) is 74.0 Å². The van der Waals surface area contributed by atoms with E-state index in [0.29, 0.717) is 17.9 Å². The Balaban J connectivity index is 1.62. The molecule has 0 unspecified atom stereocenters. The highest BCUT2D eigenvalue weighted by molar-refractivity contribution is 5.94. The average molecular weight is 487 g/mol. The van der Waals surface area contributed by atoms with Gasteiger partial charge in [0.25, 0.3) is 0 Å². The van der Waals surface area contributed by atoms with Crippen LogP contribution in [-0.4, -0.2) is 18.7 Å². The summed E-state index contributed by atoms with van der Waals surface area (Å²) in [5.74, 6) is -0.458. The molecule has 0 aliphatic rings. The first-order valence-electron chi connectivity index (χ1n) is 11.7. The Morgan fingerprint density at radius 3 is 1.97 bits per heavy atom. The normalized spacial score (nSPS) is 11.6. The minimum atomic E-state index is -0.684. The van der Waals surface area contributed by atoms with Crippen molar-refractivity contribution >= 4 is 24.1 Å². The highest BCUT2D eigenvalue weighted by Gasteiger charge is 2.14. The number of carbonyl (C=O) groups is 2. The van der Waals surface area contributed by atoms with Gasteiger partial charge in [0.1, 0.15) is 22.9 Å². The van der Waals surface area contributed by atoms with Crippen molar-refractivity contribution in [3.05, 3.63) is 107 Å². The molecule has 0 heterocycles. The van der Waals surface area contributed by atoms with Crippen LogP contribution >= 0.6 is 0 Å². The van der Waals surface area contributed by atoms with Gasteiger partial charge in [-0.2, -0.15) is 0 Å². The molecule has 0 saturated carbocycles. The summed E-state index contributed by atoms with van der Waals surface area (Å²) in [5.41, 5.74) is 14.1. The van der Waals surface area contributed by atoms with Crippen LogP contribution in [0, 0.1) is 0 Å². The number of carbonyl (C=O) groups excluding carboxylic acids is 2. The molecule has 0 spiro atoms. The predicted octanol–water partition coefficient (Wildman–Crippen LogP) is 4.81. The lowest BCUT2D eigenvalue weighted by atomic mass is 10.1. The molecule has 4 N–H and O–H groups in total. The first-order chi connectivity index (χ1) is 17.5. The van der Waals surface area contributed by atoms with Crippen LogP contribution in [0.5, 0.6) is 11.5 Å². The summed E-state index contributed by atoms with van der Waals surface area (Å²) in [4.78, 5) is 24.7. The standard InChI is InChI=1S/C29H30N2O5/c1-2-3-14-23-19-24(34-20-35-28(32)25(30)17-21-10-6-4-7-11-21)15-16-27(23)36-29(33)26(31)18-22-12-8-5-9-13-22/h4-13,15-19H,2-3,14,20,30-31H2,1H3. The number of ether oxygens (including phenoxy) is 3. The zero-order valence-corrected chi connectivity index (χ0v) is 20.2. The van der Waals surface area contributed by atoms with Crippen LogP contribution in [0.1, 0.15) is 36.5 Å². The van der Waals surface area contributed by atoms with Gasteiger partial charge in [0.05, 0.1) is 0 Å². The minimum Gasteiger partial charge on any atom is -0.457 e. The quantitative estimate of drug-likeness (QED) is 0.173. The Kier molecular flexibility index (Phi) is 9.70. The molecule has 7 nitrogen and oxygen atoms in total. The van der Waals surface area contributed by atoms with Crippen molar-refractivity contribution in [3.63, 3.8) is 0 Å². The van der Waals surface area contributed by atoms with Crippen LogP contribution < -0.4 is 20.9 Å². The molecule has 0 aliphatic heterocycles. The highest BCUT2D eigenvalue weighted by Crippen LogP contribution is 2.27. The van der Waals surface area contributed by atoms with E-state index in [1.807, 2.05) is 60.7 Å². The highest BCUT2D eigenvalue weighted by atomic mass is 16.7. The molecule has 0 radical (unpaired) electrons. The third kappa shape index (κ3) is 8.06. The molecule has 0 fully saturated rings. The number of esters is 2. The van der Waals surface area contributed by atoms with E-state index >= 15 is 0 Å². The second kappa shape index (κ2) is 13.4. The maximum Gasteiger partial charge on any atom is 0.359 e. The Morgan fingerprint density at radius 1 is 0.806 bits per heavy atom. The second-order valence-corrected chi connectivity index (χ2v) is 7.98. The van der Waals surface area contributed by atoms with Crippen molar-refractivity contribution in [2.75, 3.05) is 6.79 Å². The summed E-state index contributed by atoms with van der Waals surface area (Å²) in [5, 5.41) is 0. The van der Waals surface area contributed by atoms with Gasteiger partial charge in [-0.15, -0.1) is 0 Å². The second-order valence-electron chi connectivity index (χ2n) is 7.98. The molecule has 0 amide bonds. The van der Waals surface area contributed by atoms with Gasteiger partial charge in [-0.05, 0) is 59.9 Å². The van der Waals surface area contributed by atoms with Gasteiger partial charge in [0, 0.05) is 0 Å². The third-order valence-corrected chi connectivity index (χ3v) is 5.16. The Hall–Kier alpha value is -4.52. The van der Waals surface area contributed by atoms with Gasteiger partial charge >= 0.3 is 11.9 Å². The summed E-state index contributed by atoms with van der Waals surface area (Å²) in [6.45, 7) is 1.75. The van der Waals surface area contributed by atoms with Crippen molar-refractivity contribution in [2.24, 2.45) is 11.5 Å². The van der Waals surface area contributed by atoms with Gasteiger partial charge in [0.2, 0.25) is 6.79 Å². The molecule has 0 aromatic heterocycles. The molecule has 186 valence electrons. The number of hydrogen-bond acceptors (Lipinski definition) is 7. The van der Waals surface area contributed by atoms with Gasteiger partial charge in [-0.25, -0.2) is 9.59 Å². The number of aryl methyl sites for hydroxylation is 1. The third-order valence-electron chi connectivity index (χ3n) is 5.16. The van der Waals surface area contributed by atoms with E-state index in [1.54, 1.807) is 24.3 Å². The average Bonchev–Trinajstić information content (AvgIpc) is 2.89. The number of nitrogens with two attached hydrogens (primary N) is 2. The van der Waals surface area contributed by atoms with Crippen molar-refractivity contribution < 1.29 is 23.8 Å². The van der Waals surface area contributed by atoms with E-state index in [0.717, 1.165) is 29.5 Å². The topological polar surface area (TPSA) is 114 Å². The summed E-state index contributed by atoms with van der Waals surface area (Å²) < 4.78 is 16.3. The van der Waals surface area contributed by atoms with Crippen LogP contribution in [0.4, 0.5) is 0 Å². The fourth-order valence-electron chi connectivity index (χ4n) is 3.28. The molecule has 3 aromatic carbocycles. The molecule has 0 saturated heterocycles. The molecule has 36 heavy (non-hydrogen) atoms. The first kappa shape index (κ1) is 26.1. The number of hydrogen-bond donors (Lipinski definition) is 2. The first-order valence-corrected chi connectivity index (χ1v) is 11.7. The number of unbranched alkanes of at least 4 members (excludes halogenated alkanes) is 1. The Labute approximate surface area is 211 Å². The van der Waals surface area contributed by atoms with Gasteiger partial charge < -0.3 is 25.7 Å². The Morgan fingerprint density at radius 2 is 1.39 bits per heavy atom. The van der Waals surface area contributed by atoms with E-state index in [9.17, 15) is 9.59 Å². The fourth-order valence-corrected chi connectivity index (χ4v) is 3.28. The summed E-state index contributed by atoms with van der Waals surface area (Å²) >= 11 is 0. The number of benzene rings is 3. The molecule has 3 aromatic rings. The summed E-state index contributed by atoms with van der Waals surface area (Å²) in [6.07, 6.45) is 5.62. The van der Waals surface area contributed by atoms with E-state index in [1.165, 1.54) is 6.08 Å². The Bertz CT molecular complexity index is 1220. The molecule has 0 aliphatic carbocycles.